The van der Waals surface area contributed by atoms with Gasteiger partial charge in [-0.25, -0.2) is 13.6 Å². The van der Waals surface area contributed by atoms with E-state index in [-0.39, 0.29) is 24.6 Å². The quantitative estimate of drug-likeness (QED) is 0.461. The van der Waals surface area contributed by atoms with E-state index in [1.165, 1.54) is 0 Å². The molecule has 8 heteroatoms. The van der Waals surface area contributed by atoms with E-state index in [2.05, 4.69) is 0 Å². The molecule has 0 aliphatic carbocycles. The summed E-state index contributed by atoms with van der Waals surface area (Å²) in [5, 5.41) is -0.162. The van der Waals surface area contributed by atoms with E-state index in [1.807, 2.05) is 0 Å². The van der Waals surface area contributed by atoms with Crippen molar-refractivity contribution in [1.29, 1.82) is 0 Å². The Morgan fingerprint density at radius 3 is 2.67 bits per heavy atom. The van der Waals surface area contributed by atoms with Crippen LogP contribution >= 0.6 is 11.8 Å². The molecule has 1 saturated heterocycles. The van der Waals surface area contributed by atoms with Gasteiger partial charge in [-0.05, 0) is 32.0 Å². The van der Waals surface area contributed by atoms with Gasteiger partial charge in [-0.3, -0.25) is 14.5 Å². The van der Waals surface area contributed by atoms with Crippen LogP contribution in [0.5, 0.6) is 0 Å². The first kappa shape index (κ1) is 18.1. The zero-order chi connectivity index (χ0) is 17.9. The molecule has 1 atom stereocenters. The van der Waals surface area contributed by atoms with E-state index < -0.39 is 28.6 Å². The van der Waals surface area contributed by atoms with Crippen LogP contribution in [0.15, 0.2) is 29.3 Å². The van der Waals surface area contributed by atoms with Crippen molar-refractivity contribution in [2.24, 2.45) is 0 Å². The van der Waals surface area contributed by atoms with Crippen molar-refractivity contribution in [3.8, 4) is 0 Å². The Labute approximate surface area is 141 Å². The monoisotopic (exact) mass is 355 g/mol. The Morgan fingerprint density at radius 1 is 1.33 bits per heavy atom. The molecule has 1 aromatic carbocycles. The van der Waals surface area contributed by atoms with Crippen molar-refractivity contribution in [1.82, 2.24) is 4.90 Å². The summed E-state index contributed by atoms with van der Waals surface area (Å²) >= 11 is 1.13. The summed E-state index contributed by atoms with van der Waals surface area (Å²) in [6.07, 6.45) is 1.15. The number of hydrogen-bond acceptors (Lipinski definition) is 5. The number of benzene rings is 1. The molecule has 1 amide bonds. The first-order chi connectivity index (χ1) is 11.3. The Bertz CT molecular complexity index is 720. The van der Waals surface area contributed by atoms with Gasteiger partial charge in [-0.2, -0.15) is 0 Å². The average Bonchev–Trinajstić information content (AvgIpc) is 2.77. The van der Waals surface area contributed by atoms with Crippen molar-refractivity contribution in [3.05, 3.63) is 46.5 Å². The van der Waals surface area contributed by atoms with E-state index in [0.29, 0.717) is 5.03 Å². The molecule has 0 spiro atoms. The molecule has 0 radical (unpaired) electrons. The number of carbonyl (C=O) groups excluding carboxylic acids is 3. The van der Waals surface area contributed by atoms with Crippen molar-refractivity contribution >= 4 is 29.4 Å². The minimum atomic E-state index is -1.14. The predicted octanol–water partition coefficient (Wildman–Crippen LogP) is 2.52. The van der Waals surface area contributed by atoms with Gasteiger partial charge < -0.3 is 4.74 Å². The largest absolute Gasteiger partial charge is 0.463 e. The molecule has 5 nitrogen and oxygen atoms in total. The molecule has 0 bridgehead atoms. The van der Waals surface area contributed by atoms with Gasteiger partial charge in [-0.1, -0.05) is 11.8 Å². The second-order valence-corrected chi connectivity index (χ2v) is 6.33. The van der Waals surface area contributed by atoms with Gasteiger partial charge in [-0.15, -0.1) is 0 Å². The number of esters is 1. The predicted molar refractivity (Wildman–Crippen MR) is 84.2 cm³/mol. The van der Waals surface area contributed by atoms with Crippen molar-refractivity contribution in [3.63, 3.8) is 0 Å². The molecule has 2 rings (SSSR count). The molecular weight excluding hydrogens is 340 g/mol. The Balaban J connectivity index is 2.20. The van der Waals surface area contributed by atoms with E-state index in [9.17, 15) is 23.2 Å². The third-order valence-corrected chi connectivity index (χ3v) is 4.38. The maximum absolute atomic E-state index is 13.2. The van der Waals surface area contributed by atoms with Crippen LogP contribution in [-0.2, 0) is 14.3 Å². The fraction of sp³-hybridized carbons (Fsp3) is 0.312. The molecule has 0 aromatic heterocycles. The normalized spacial score (nSPS) is 19.0. The van der Waals surface area contributed by atoms with Gasteiger partial charge in [0.05, 0.1) is 29.5 Å². The number of carbonyl (C=O) groups is 3. The van der Waals surface area contributed by atoms with Crippen LogP contribution in [0, 0.1) is 11.6 Å². The van der Waals surface area contributed by atoms with Crippen LogP contribution in [0.25, 0.3) is 0 Å². The highest BCUT2D eigenvalue weighted by atomic mass is 32.2. The van der Waals surface area contributed by atoms with Gasteiger partial charge in [0.15, 0.2) is 17.4 Å². The minimum Gasteiger partial charge on any atom is -0.463 e. The van der Waals surface area contributed by atoms with E-state index in [4.69, 9.17) is 4.74 Å². The van der Waals surface area contributed by atoms with Crippen LogP contribution < -0.4 is 0 Å². The highest BCUT2D eigenvalue weighted by Crippen LogP contribution is 2.34. The summed E-state index contributed by atoms with van der Waals surface area (Å²) in [6.45, 7) is 3.11. The lowest BCUT2D eigenvalue weighted by molar-refractivity contribution is -0.137. The summed E-state index contributed by atoms with van der Waals surface area (Å²) in [5.74, 6) is -3.72. The van der Waals surface area contributed by atoms with E-state index >= 15 is 0 Å². The molecule has 0 N–H and O–H groups in total. The second-order valence-electron chi connectivity index (χ2n) is 4.97. The summed E-state index contributed by atoms with van der Waals surface area (Å²) in [6, 6.07) is 2.78. The number of hydrogen-bond donors (Lipinski definition) is 0. The smallest absolute Gasteiger partial charge is 0.333 e. The van der Waals surface area contributed by atoms with Gasteiger partial charge in [0.1, 0.15) is 0 Å². The molecule has 128 valence electrons. The van der Waals surface area contributed by atoms with Crippen molar-refractivity contribution in [2.45, 2.75) is 19.1 Å². The SMILES string of the molecule is CCOC(=O)/C=C1/S[C@H](C)C(=O)N1CC(=O)c1ccc(F)c(F)c1. The maximum atomic E-state index is 13.2. The third kappa shape index (κ3) is 4.00. The lowest BCUT2D eigenvalue weighted by Crippen LogP contribution is -2.33. The molecule has 1 fully saturated rings. The number of halogens is 2. The Kier molecular flexibility index (Phi) is 5.71. The molecule has 24 heavy (non-hydrogen) atoms. The first-order valence-electron chi connectivity index (χ1n) is 7.18. The number of nitrogens with zero attached hydrogens (tertiary/aromatic N) is 1. The fourth-order valence-corrected chi connectivity index (χ4v) is 3.12. The molecule has 0 unspecified atom stereocenters. The number of thioether (sulfide) groups is 1. The fourth-order valence-electron chi connectivity index (χ4n) is 2.08. The number of ether oxygens (including phenoxy) is 1. The second kappa shape index (κ2) is 7.57. The minimum absolute atomic E-state index is 0.0539. The Morgan fingerprint density at radius 2 is 2.04 bits per heavy atom. The molecule has 0 saturated carbocycles. The summed E-state index contributed by atoms with van der Waals surface area (Å²) < 4.78 is 31.0. The van der Waals surface area contributed by atoms with Gasteiger partial charge in [0.2, 0.25) is 5.91 Å². The average molecular weight is 355 g/mol. The van der Waals surface area contributed by atoms with Crippen molar-refractivity contribution in [2.75, 3.05) is 13.2 Å². The lowest BCUT2D eigenvalue weighted by Gasteiger charge is -2.16. The van der Waals surface area contributed by atoms with Gasteiger partial charge >= 0.3 is 5.97 Å². The zero-order valence-electron chi connectivity index (χ0n) is 13.0. The zero-order valence-corrected chi connectivity index (χ0v) is 13.9. The van der Waals surface area contributed by atoms with Gasteiger partial charge in [0, 0.05) is 5.56 Å². The molecule has 1 aliphatic rings. The number of amides is 1. The third-order valence-electron chi connectivity index (χ3n) is 3.25. The topological polar surface area (TPSA) is 63.7 Å². The standard InChI is InChI=1S/C16H15F2NO4S/c1-3-23-15(21)7-14-19(16(22)9(2)24-14)8-13(20)10-4-5-11(17)12(18)6-10/h4-7,9H,3,8H2,1-2H3/b14-7+/t9-/m1/s1. The molecule has 1 heterocycles. The van der Waals surface area contributed by atoms with E-state index in [1.54, 1.807) is 13.8 Å². The highest BCUT2D eigenvalue weighted by Gasteiger charge is 2.35. The van der Waals surface area contributed by atoms with Crippen LogP contribution in [0.2, 0.25) is 0 Å². The van der Waals surface area contributed by atoms with Gasteiger partial charge in [0.25, 0.3) is 0 Å². The lowest BCUT2D eigenvalue weighted by atomic mass is 10.1. The number of Topliss-reactive ketones (excluding diaryl/α,β-unsaturated/α-hetero) is 1. The summed E-state index contributed by atoms with van der Waals surface area (Å²) in [5.41, 5.74) is -0.0539. The molecular formula is C16H15F2NO4S. The number of rotatable bonds is 5. The van der Waals surface area contributed by atoms with Crippen molar-refractivity contribution < 1.29 is 27.9 Å². The maximum Gasteiger partial charge on any atom is 0.333 e. The van der Waals surface area contributed by atoms with E-state index in [0.717, 1.165) is 40.9 Å². The summed E-state index contributed by atoms with van der Waals surface area (Å²) in [7, 11) is 0. The van der Waals surface area contributed by atoms with Crippen LogP contribution in [0.1, 0.15) is 24.2 Å². The summed E-state index contributed by atoms with van der Waals surface area (Å²) in [4.78, 5) is 37.1. The first-order valence-corrected chi connectivity index (χ1v) is 8.06. The van der Waals surface area contributed by atoms with Crippen LogP contribution in [0.3, 0.4) is 0 Å². The highest BCUT2D eigenvalue weighted by molar-refractivity contribution is 8.04. The van der Waals surface area contributed by atoms with Crippen LogP contribution in [-0.4, -0.2) is 41.0 Å². The molecule has 1 aliphatic heterocycles. The molecule has 1 aromatic rings. The number of ketones is 1. The Hall–Kier alpha value is -2.22. The van der Waals surface area contributed by atoms with Crippen LogP contribution in [0.4, 0.5) is 8.78 Å².